The van der Waals surface area contributed by atoms with Crippen molar-refractivity contribution >= 4 is 0 Å². The summed E-state index contributed by atoms with van der Waals surface area (Å²) in [6, 6.07) is 4.12. The van der Waals surface area contributed by atoms with Gasteiger partial charge >= 0.3 is 0 Å². The summed E-state index contributed by atoms with van der Waals surface area (Å²) in [6.45, 7) is 5.19. The van der Waals surface area contributed by atoms with Gasteiger partial charge in [-0.1, -0.05) is 6.92 Å². The minimum Gasteiger partial charge on any atom is -0.465 e. The van der Waals surface area contributed by atoms with Crippen LogP contribution in [0.15, 0.2) is 16.5 Å². The molecule has 0 saturated carbocycles. The number of hydrogen-bond acceptors (Lipinski definition) is 3. The Kier molecular flexibility index (Phi) is 6.19. The first-order valence-corrected chi connectivity index (χ1v) is 6.15. The maximum absolute atomic E-state index is 5.61. The molecule has 0 aliphatic heterocycles. The average Bonchev–Trinajstić information content (AvgIpc) is 2.70. The van der Waals surface area contributed by atoms with Gasteiger partial charge in [0.1, 0.15) is 11.5 Å². The van der Waals surface area contributed by atoms with E-state index in [2.05, 4.69) is 43.4 Å². The molecule has 3 heteroatoms. The molecule has 1 rings (SSSR count). The molecule has 3 nitrogen and oxygen atoms in total. The van der Waals surface area contributed by atoms with Gasteiger partial charge in [-0.05, 0) is 52.2 Å². The highest BCUT2D eigenvalue weighted by Crippen LogP contribution is 2.07. The molecule has 0 aromatic carbocycles. The van der Waals surface area contributed by atoms with E-state index in [0.29, 0.717) is 0 Å². The Bertz CT molecular complexity index is 281. The van der Waals surface area contributed by atoms with Gasteiger partial charge in [0.15, 0.2) is 0 Å². The molecular formula is C13H24N2O. The lowest BCUT2D eigenvalue weighted by Crippen LogP contribution is -2.17. The molecular weight excluding hydrogens is 200 g/mol. The van der Waals surface area contributed by atoms with Crippen molar-refractivity contribution < 1.29 is 4.42 Å². The van der Waals surface area contributed by atoms with Gasteiger partial charge in [-0.15, -0.1) is 0 Å². The summed E-state index contributed by atoms with van der Waals surface area (Å²) in [5.41, 5.74) is 0. The number of nitrogens with one attached hydrogen (secondary N) is 1. The van der Waals surface area contributed by atoms with Crippen molar-refractivity contribution in [3.8, 4) is 0 Å². The highest BCUT2D eigenvalue weighted by molar-refractivity contribution is 5.06. The molecule has 0 aliphatic carbocycles. The second kappa shape index (κ2) is 7.47. The Hall–Kier alpha value is -0.800. The van der Waals surface area contributed by atoms with E-state index < -0.39 is 0 Å². The topological polar surface area (TPSA) is 28.4 Å². The summed E-state index contributed by atoms with van der Waals surface area (Å²) in [5, 5.41) is 3.40. The molecule has 0 amide bonds. The molecule has 1 aromatic heterocycles. The third-order valence-corrected chi connectivity index (χ3v) is 2.57. The monoisotopic (exact) mass is 224 g/mol. The van der Waals surface area contributed by atoms with Gasteiger partial charge in [-0.25, -0.2) is 0 Å². The summed E-state index contributed by atoms with van der Waals surface area (Å²) in [7, 11) is 4.23. The maximum atomic E-state index is 5.61. The fourth-order valence-electron chi connectivity index (χ4n) is 1.60. The molecule has 0 saturated heterocycles. The van der Waals surface area contributed by atoms with E-state index in [0.717, 1.165) is 31.0 Å². The largest absolute Gasteiger partial charge is 0.465 e. The zero-order chi connectivity index (χ0) is 11.8. The number of rotatable bonds is 8. The van der Waals surface area contributed by atoms with Gasteiger partial charge in [-0.3, -0.25) is 0 Å². The molecule has 0 radical (unpaired) electrons. The third-order valence-electron chi connectivity index (χ3n) is 2.57. The fourth-order valence-corrected chi connectivity index (χ4v) is 1.60. The van der Waals surface area contributed by atoms with E-state index in [1.165, 1.54) is 19.4 Å². The van der Waals surface area contributed by atoms with Gasteiger partial charge < -0.3 is 14.6 Å². The van der Waals surface area contributed by atoms with Crippen LogP contribution in [0.1, 0.15) is 31.3 Å². The van der Waals surface area contributed by atoms with E-state index >= 15 is 0 Å². The predicted octanol–water partition coefficient (Wildman–Crippen LogP) is 2.27. The Balaban J connectivity index is 2.02. The van der Waals surface area contributed by atoms with Crippen molar-refractivity contribution in [3.63, 3.8) is 0 Å². The summed E-state index contributed by atoms with van der Waals surface area (Å²) in [6.07, 6.45) is 3.45. The Morgan fingerprint density at radius 1 is 1.19 bits per heavy atom. The molecule has 0 fully saturated rings. The molecule has 92 valence electrons. The van der Waals surface area contributed by atoms with Crippen LogP contribution in [-0.2, 0) is 13.0 Å². The van der Waals surface area contributed by atoms with Crippen LogP contribution in [0.3, 0.4) is 0 Å². The average molecular weight is 224 g/mol. The van der Waals surface area contributed by atoms with E-state index in [1.54, 1.807) is 0 Å². The van der Waals surface area contributed by atoms with Crippen LogP contribution >= 0.6 is 0 Å². The summed E-state index contributed by atoms with van der Waals surface area (Å²) in [4.78, 5) is 2.22. The lowest BCUT2D eigenvalue weighted by Gasteiger charge is -2.08. The van der Waals surface area contributed by atoms with Crippen LogP contribution < -0.4 is 5.32 Å². The van der Waals surface area contributed by atoms with E-state index in [9.17, 15) is 0 Å². The molecule has 1 N–H and O–H groups in total. The first-order chi connectivity index (χ1) is 7.72. The van der Waals surface area contributed by atoms with Crippen molar-refractivity contribution in [1.82, 2.24) is 10.2 Å². The van der Waals surface area contributed by atoms with E-state index in [-0.39, 0.29) is 0 Å². The van der Waals surface area contributed by atoms with E-state index in [1.807, 2.05) is 0 Å². The highest BCUT2D eigenvalue weighted by Gasteiger charge is 1.99. The van der Waals surface area contributed by atoms with Gasteiger partial charge in [0.25, 0.3) is 0 Å². The summed E-state index contributed by atoms with van der Waals surface area (Å²) < 4.78 is 5.61. The molecule has 0 spiro atoms. The number of nitrogens with zero attached hydrogens (tertiary/aromatic N) is 1. The van der Waals surface area contributed by atoms with Crippen LogP contribution in [0.25, 0.3) is 0 Å². The minimum atomic E-state index is 0.849. The number of unbranched alkanes of at least 4 members (excludes halogenated alkanes) is 1. The molecule has 1 aromatic rings. The highest BCUT2D eigenvalue weighted by atomic mass is 16.3. The maximum Gasteiger partial charge on any atom is 0.117 e. The lowest BCUT2D eigenvalue weighted by atomic mass is 10.3. The Labute approximate surface area is 98.8 Å². The summed E-state index contributed by atoms with van der Waals surface area (Å²) in [5.74, 6) is 2.12. The molecule has 0 bridgehead atoms. The van der Waals surface area contributed by atoms with Crippen LogP contribution in [0, 0.1) is 0 Å². The molecule has 16 heavy (non-hydrogen) atoms. The van der Waals surface area contributed by atoms with Crippen molar-refractivity contribution in [2.24, 2.45) is 0 Å². The van der Waals surface area contributed by atoms with Crippen molar-refractivity contribution in [3.05, 3.63) is 23.7 Å². The van der Waals surface area contributed by atoms with Crippen molar-refractivity contribution in [2.45, 2.75) is 32.7 Å². The Morgan fingerprint density at radius 2 is 1.94 bits per heavy atom. The van der Waals surface area contributed by atoms with Gasteiger partial charge in [0.05, 0.1) is 6.54 Å². The molecule has 0 aliphatic rings. The number of aryl methyl sites for hydroxylation is 1. The van der Waals surface area contributed by atoms with Crippen molar-refractivity contribution in [1.29, 1.82) is 0 Å². The number of hydrogen-bond donors (Lipinski definition) is 1. The first-order valence-electron chi connectivity index (χ1n) is 6.15. The molecule has 0 unspecified atom stereocenters. The number of furan rings is 1. The molecule has 0 atom stereocenters. The SMILES string of the molecule is CCc1ccc(CNCCCCN(C)C)o1. The van der Waals surface area contributed by atoms with Crippen LogP contribution in [0.4, 0.5) is 0 Å². The van der Waals surface area contributed by atoms with Crippen molar-refractivity contribution in [2.75, 3.05) is 27.2 Å². The van der Waals surface area contributed by atoms with Gasteiger partial charge in [0.2, 0.25) is 0 Å². The molecule has 1 heterocycles. The van der Waals surface area contributed by atoms with Gasteiger partial charge in [-0.2, -0.15) is 0 Å². The Morgan fingerprint density at radius 3 is 2.56 bits per heavy atom. The predicted molar refractivity (Wildman–Crippen MR) is 67.6 cm³/mol. The van der Waals surface area contributed by atoms with Crippen LogP contribution in [-0.4, -0.2) is 32.1 Å². The standard InChI is InChI=1S/C13H24N2O/c1-4-12-7-8-13(16-12)11-14-9-5-6-10-15(2)3/h7-8,14H,4-6,9-11H2,1-3H3. The first kappa shape index (κ1) is 13.3. The summed E-state index contributed by atoms with van der Waals surface area (Å²) >= 11 is 0. The van der Waals surface area contributed by atoms with Crippen LogP contribution in [0.5, 0.6) is 0 Å². The fraction of sp³-hybridized carbons (Fsp3) is 0.692. The van der Waals surface area contributed by atoms with Crippen LogP contribution in [0.2, 0.25) is 0 Å². The lowest BCUT2D eigenvalue weighted by molar-refractivity contribution is 0.389. The van der Waals surface area contributed by atoms with Gasteiger partial charge in [0, 0.05) is 6.42 Å². The second-order valence-electron chi connectivity index (χ2n) is 4.41. The minimum absolute atomic E-state index is 0.849. The smallest absolute Gasteiger partial charge is 0.117 e. The second-order valence-corrected chi connectivity index (χ2v) is 4.41. The zero-order valence-electron chi connectivity index (χ0n) is 10.8. The zero-order valence-corrected chi connectivity index (χ0v) is 10.8. The van der Waals surface area contributed by atoms with E-state index in [4.69, 9.17) is 4.42 Å². The third kappa shape index (κ3) is 5.33. The quantitative estimate of drug-likeness (QED) is 0.687. The normalized spacial score (nSPS) is 11.2.